The van der Waals surface area contributed by atoms with Crippen molar-refractivity contribution in [2.24, 2.45) is 0 Å². The van der Waals surface area contributed by atoms with Crippen molar-refractivity contribution in [3.63, 3.8) is 0 Å². The largest absolute Gasteiger partial charge is 0.313 e. The zero-order valence-corrected chi connectivity index (χ0v) is 8.62. The molecular weight excluding hydrogens is 204 g/mol. The molecule has 78 valence electrons. The Morgan fingerprint density at radius 3 is 3.21 bits per heavy atom. The molecule has 0 amide bonds. The fraction of sp³-hybridized carbons (Fsp3) is 0.600. The minimum absolute atomic E-state index is 0.00912. The third kappa shape index (κ3) is 2.12. The van der Waals surface area contributed by atoms with Crippen LogP contribution in [0.4, 0.5) is 8.78 Å². The van der Waals surface area contributed by atoms with Crippen LogP contribution in [-0.4, -0.2) is 13.0 Å². The molecule has 1 aliphatic heterocycles. The average molecular weight is 217 g/mol. The molecule has 2 rings (SSSR count). The van der Waals surface area contributed by atoms with Crippen LogP contribution >= 0.6 is 11.3 Å². The summed E-state index contributed by atoms with van der Waals surface area (Å²) in [5, 5.41) is 5.25. The number of thiophene rings is 1. The second-order valence-corrected chi connectivity index (χ2v) is 4.55. The standard InChI is InChI=1S/C10H13F2NS/c11-9(12)5-7-1-3-13-6-8-2-4-14-10(7)8/h2,4,7,9,13H,1,3,5-6H2. The second kappa shape index (κ2) is 4.36. The summed E-state index contributed by atoms with van der Waals surface area (Å²) < 4.78 is 24.7. The van der Waals surface area contributed by atoms with E-state index in [4.69, 9.17) is 0 Å². The van der Waals surface area contributed by atoms with Gasteiger partial charge in [-0.25, -0.2) is 8.78 Å². The van der Waals surface area contributed by atoms with Gasteiger partial charge in [-0.05, 0) is 30.0 Å². The lowest BCUT2D eigenvalue weighted by atomic mass is 9.98. The highest BCUT2D eigenvalue weighted by Gasteiger charge is 2.22. The molecule has 0 aliphatic carbocycles. The number of hydrogen-bond acceptors (Lipinski definition) is 2. The van der Waals surface area contributed by atoms with Crippen LogP contribution in [0.5, 0.6) is 0 Å². The maximum absolute atomic E-state index is 12.3. The van der Waals surface area contributed by atoms with Crippen LogP contribution in [0.15, 0.2) is 11.4 Å². The molecule has 1 N–H and O–H groups in total. The molecule has 1 aromatic rings. The third-order valence-electron chi connectivity index (χ3n) is 2.60. The predicted octanol–water partition coefficient (Wildman–Crippen LogP) is 2.98. The Balaban J connectivity index is 2.17. The molecule has 1 unspecified atom stereocenters. The molecule has 4 heteroatoms. The smallest absolute Gasteiger partial charge is 0.239 e. The van der Waals surface area contributed by atoms with Gasteiger partial charge in [-0.2, -0.15) is 0 Å². The van der Waals surface area contributed by atoms with Gasteiger partial charge < -0.3 is 5.32 Å². The van der Waals surface area contributed by atoms with Gasteiger partial charge in [0.2, 0.25) is 6.43 Å². The Hall–Kier alpha value is -0.480. The summed E-state index contributed by atoms with van der Waals surface area (Å²) in [7, 11) is 0. The summed E-state index contributed by atoms with van der Waals surface area (Å²) >= 11 is 1.62. The normalized spacial score (nSPS) is 22.1. The molecule has 1 aliphatic rings. The monoisotopic (exact) mass is 217 g/mol. The topological polar surface area (TPSA) is 12.0 Å². The van der Waals surface area contributed by atoms with E-state index in [1.165, 1.54) is 5.56 Å². The van der Waals surface area contributed by atoms with E-state index in [1.54, 1.807) is 11.3 Å². The number of nitrogens with one attached hydrogen (secondary N) is 1. The minimum atomic E-state index is -2.19. The Kier molecular flexibility index (Phi) is 3.13. The SMILES string of the molecule is FC(F)CC1CCNCc2ccsc21. The van der Waals surface area contributed by atoms with E-state index in [0.717, 1.165) is 24.4 Å². The van der Waals surface area contributed by atoms with Crippen LogP contribution in [0.1, 0.15) is 29.2 Å². The van der Waals surface area contributed by atoms with Gasteiger partial charge in [0.15, 0.2) is 0 Å². The lowest BCUT2D eigenvalue weighted by Crippen LogP contribution is -2.12. The highest BCUT2D eigenvalue weighted by Crippen LogP contribution is 2.34. The van der Waals surface area contributed by atoms with Crippen LogP contribution in [0, 0.1) is 0 Å². The van der Waals surface area contributed by atoms with Gasteiger partial charge in [-0.15, -0.1) is 11.3 Å². The second-order valence-electron chi connectivity index (χ2n) is 3.60. The number of alkyl halides is 2. The van der Waals surface area contributed by atoms with Crippen molar-refractivity contribution < 1.29 is 8.78 Å². The molecule has 0 saturated heterocycles. The fourth-order valence-corrected chi connectivity index (χ4v) is 3.00. The van der Waals surface area contributed by atoms with E-state index in [0.29, 0.717) is 0 Å². The van der Waals surface area contributed by atoms with Crippen LogP contribution in [0.2, 0.25) is 0 Å². The summed E-state index contributed by atoms with van der Waals surface area (Å²) in [6.07, 6.45) is -1.35. The zero-order chi connectivity index (χ0) is 9.97. The van der Waals surface area contributed by atoms with E-state index in [9.17, 15) is 8.78 Å². The molecule has 0 spiro atoms. The van der Waals surface area contributed by atoms with Crippen molar-refractivity contribution >= 4 is 11.3 Å². The predicted molar refractivity (Wildman–Crippen MR) is 54.0 cm³/mol. The average Bonchev–Trinajstić information content (AvgIpc) is 2.51. The lowest BCUT2D eigenvalue weighted by Gasteiger charge is -2.13. The first-order valence-corrected chi connectivity index (χ1v) is 5.70. The van der Waals surface area contributed by atoms with Gasteiger partial charge in [0.05, 0.1) is 0 Å². The van der Waals surface area contributed by atoms with Crippen LogP contribution in [0.3, 0.4) is 0 Å². The molecular formula is C10H13F2NS. The van der Waals surface area contributed by atoms with Crippen molar-refractivity contribution in [2.75, 3.05) is 6.54 Å². The molecule has 0 saturated carbocycles. The first-order chi connectivity index (χ1) is 6.77. The van der Waals surface area contributed by atoms with E-state index in [-0.39, 0.29) is 12.3 Å². The maximum atomic E-state index is 12.3. The first kappa shape index (κ1) is 10.1. The number of rotatable bonds is 2. The number of fused-ring (bicyclic) bond motifs is 1. The third-order valence-corrected chi connectivity index (χ3v) is 3.72. The summed E-state index contributed by atoms with van der Waals surface area (Å²) in [4.78, 5) is 1.16. The Morgan fingerprint density at radius 1 is 1.57 bits per heavy atom. The van der Waals surface area contributed by atoms with Crippen molar-refractivity contribution in [2.45, 2.75) is 31.7 Å². The Bertz CT molecular complexity index is 298. The van der Waals surface area contributed by atoms with E-state index in [1.807, 2.05) is 11.4 Å². The molecule has 0 fully saturated rings. The van der Waals surface area contributed by atoms with Gasteiger partial charge in [0.1, 0.15) is 0 Å². The van der Waals surface area contributed by atoms with Crippen LogP contribution < -0.4 is 5.32 Å². The summed E-state index contributed by atoms with van der Waals surface area (Å²) in [6.45, 7) is 1.68. The van der Waals surface area contributed by atoms with Gasteiger partial charge >= 0.3 is 0 Å². The summed E-state index contributed by atoms with van der Waals surface area (Å²) in [5.41, 5.74) is 1.21. The molecule has 1 nitrogen and oxygen atoms in total. The Morgan fingerprint density at radius 2 is 2.43 bits per heavy atom. The van der Waals surface area contributed by atoms with Gasteiger partial charge in [0.25, 0.3) is 0 Å². The molecule has 0 aromatic carbocycles. The van der Waals surface area contributed by atoms with Crippen molar-refractivity contribution in [1.82, 2.24) is 5.32 Å². The summed E-state index contributed by atoms with van der Waals surface area (Å²) in [5.74, 6) is 0.0556. The van der Waals surface area contributed by atoms with Gasteiger partial charge in [0, 0.05) is 23.8 Å². The first-order valence-electron chi connectivity index (χ1n) is 4.82. The summed E-state index contributed by atoms with van der Waals surface area (Å²) in [6, 6.07) is 2.04. The van der Waals surface area contributed by atoms with Crippen LogP contribution in [0.25, 0.3) is 0 Å². The van der Waals surface area contributed by atoms with E-state index in [2.05, 4.69) is 5.32 Å². The molecule has 0 radical (unpaired) electrons. The Labute approximate surface area is 86.1 Å². The molecule has 1 atom stereocenters. The fourth-order valence-electron chi connectivity index (χ4n) is 1.92. The number of hydrogen-bond donors (Lipinski definition) is 1. The van der Waals surface area contributed by atoms with Crippen LogP contribution in [-0.2, 0) is 6.54 Å². The number of halogens is 2. The molecule has 14 heavy (non-hydrogen) atoms. The minimum Gasteiger partial charge on any atom is -0.313 e. The van der Waals surface area contributed by atoms with Gasteiger partial charge in [-0.3, -0.25) is 0 Å². The molecule has 1 aromatic heterocycles. The lowest BCUT2D eigenvalue weighted by molar-refractivity contribution is 0.127. The molecule has 0 bridgehead atoms. The highest BCUT2D eigenvalue weighted by molar-refractivity contribution is 7.10. The molecule has 2 heterocycles. The van der Waals surface area contributed by atoms with Crippen molar-refractivity contribution in [1.29, 1.82) is 0 Å². The quantitative estimate of drug-likeness (QED) is 0.803. The highest BCUT2D eigenvalue weighted by atomic mass is 32.1. The van der Waals surface area contributed by atoms with E-state index >= 15 is 0 Å². The van der Waals surface area contributed by atoms with Gasteiger partial charge in [-0.1, -0.05) is 0 Å². The van der Waals surface area contributed by atoms with Crippen molar-refractivity contribution in [3.05, 3.63) is 21.9 Å². The zero-order valence-electron chi connectivity index (χ0n) is 7.80. The van der Waals surface area contributed by atoms with E-state index < -0.39 is 6.43 Å². The maximum Gasteiger partial charge on any atom is 0.239 e. The van der Waals surface area contributed by atoms with Crippen molar-refractivity contribution in [3.8, 4) is 0 Å².